The molecule has 0 spiro atoms. The Hall–Kier alpha value is -4.40. The standard InChI is InChI=1S/C24H23N3O6/c1-2-32-24(31)26-20(16-8-4-3-5-9-16)14-22(28)27-25-15-17-12-13-21(33-17)18-10-6-7-11-19(18)23(29)30/h3-13,15,20H,2,14H2,1H3,(H,26,31)(H,27,28)(H,29,30)/b25-15-/t20-/m1/s1. The van der Waals surface area contributed by atoms with Gasteiger partial charge in [0.25, 0.3) is 0 Å². The van der Waals surface area contributed by atoms with Crippen LogP contribution in [0.4, 0.5) is 4.79 Å². The summed E-state index contributed by atoms with van der Waals surface area (Å²) >= 11 is 0. The molecule has 3 N–H and O–H groups in total. The van der Waals surface area contributed by atoms with Gasteiger partial charge in [0.15, 0.2) is 0 Å². The number of aromatic carboxylic acids is 1. The molecule has 0 saturated carbocycles. The van der Waals surface area contributed by atoms with E-state index in [4.69, 9.17) is 9.15 Å². The first-order valence-electron chi connectivity index (χ1n) is 10.2. The third kappa shape index (κ3) is 6.54. The molecule has 0 fully saturated rings. The number of carboxylic acid groups (broad SMARTS) is 1. The summed E-state index contributed by atoms with van der Waals surface area (Å²) < 4.78 is 10.6. The average molecular weight is 449 g/mol. The molecule has 1 atom stereocenters. The number of amides is 2. The second-order valence-corrected chi connectivity index (χ2v) is 6.88. The number of nitrogens with one attached hydrogen (secondary N) is 2. The number of rotatable bonds is 9. The maximum atomic E-state index is 12.4. The van der Waals surface area contributed by atoms with E-state index in [9.17, 15) is 19.5 Å². The summed E-state index contributed by atoms with van der Waals surface area (Å²) in [4.78, 5) is 35.6. The van der Waals surface area contributed by atoms with Crippen LogP contribution >= 0.6 is 0 Å². The van der Waals surface area contributed by atoms with Crippen LogP contribution in [0.3, 0.4) is 0 Å². The normalized spacial score (nSPS) is 11.7. The number of hydrazone groups is 1. The third-order valence-electron chi connectivity index (χ3n) is 4.59. The van der Waals surface area contributed by atoms with Crippen molar-refractivity contribution in [1.29, 1.82) is 0 Å². The van der Waals surface area contributed by atoms with E-state index in [1.807, 2.05) is 18.2 Å². The first-order valence-corrected chi connectivity index (χ1v) is 10.2. The minimum Gasteiger partial charge on any atom is -0.478 e. The predicted molar refractivity (Wildman–Crippen MR) is 121 cm³/mol. The van der Waals surface area contributed by atoms with Crippen molar-refractivity contribution in [3.05, 3.63) is 83.6 Å². The fourth-order valence-corrected chi connectivity index (χ4v) is 3.10. The van der Waals surface area contributed by atoms with Gasteiger partial charge in [-0.05, 0) is 30.7 Å². The van der Waals surface area contributed by atoms with Crippen LogP contribution in [0.15, 0.2) is 76.2 Å². The van der Waals surface area contributed by atoms with Gasteiger partial charge >= 0.3 is 12.1 Å². The summed E-state index contributed by atoms with van der Waals surface area (Å²) in [5.41, 5.74) is 3.70. The van der Waals surface area contributed by atoms with Crippen LogP contribution in [0.25, 0.3) is 11.3 Å². The first kappa shape index (κ1) is 23.3. The lowest BCUT2D eigenvalue weighted by Crippen LogP contribution is -2.33. The van der Waals surface area contributed by atoms with Crippen molar-refractivity contribution in [2.75, 3.05) is 6.61 Å². The monoisotopic (exact) mass is 449 g/mol. The number of alkyl carbamates (subject to hydrolysis) is 1. The third-order valence-corrected chi connectivity index (χ3v) is 4.59. The largest absolute Gasteiger partial charge is 0.478 e. The van der Waals surface area contributed by atoms with Crippen LogP contribution in [0, 0.1) is 0 Å². The summed E-state index contributed by atoms with van der Waals surface area (Å²) in [6.07, 6.45) is 0.629. The molecule has 2 aromatic carbocycles. The minimum absolute atomic E-state index is 0.0600. The predicted octanol–water partition coefficient (Wildman–Crippen LogP) is 3.97. The zero-order chi connectivity index (χ0) is 23.6. The lowest BCUT2D eigenvalue weighted by Gasteiger charge is -2.17. The Morgan fingerprint density at radius 1 is 1.06 bits per heavy atom. The molecule has 1 heterocycles. The van der Waals surface area contributed by atoms with Gasteiger partial charge in [0.2, 0.25) is 5.91 Å². The van der Waals surface area contributed by atoms with E-state index in [0.29, 0.717) is 17.1 Å². The number of benzene rings is 2. The number of furan rings is 1. The summed E-state index contributed by atoms with van der Waals surface area (Å²) in [5, 5.41) is 15.9. The number of carbonyl (C=O) groups is 3. The highest BCUT2D eigenvalue weighted by molar-refractivity contribution is 5.95. The molecule has 2 amide bonds. The highest BCUT2D eigenvalue weighted by Crippen LogP contribution is 2.25. The molecule has 170 valence electrons. The molecule has 0 unspecified atom stereocenters. The van der Waals surface area contributed by atoms with Gasteiger partial charge < -0.3 is 19.6 Å². The van der Waals surface area contributed by atoms with Crippen molar-refractivity contribution < 1.29 is 28.6 Å². The molecular formula is C24H23N3O6. The van der Waals surface area contributed by atoms with Gasteiger partial charge in [-0.1, -0.05) is 48.5 Å². The topological polar surface area (TPSA) is 130 Å². The maximum Gasteiger partial charge on any atom is 0.407 e. The van der Waals surface area contributed by atoms with Gasteiger partial charge in [-0.3, -0.25) is 4.79 Å². The first-order chi connectivity index (χ1) is 16.0. The number of hydrogen-bond donors (Lipinski definition) is 3. The Labute approximate surface area is 190 Å². The SMILES string of the molecule is CCOC(=O)N[C@H](CC(=O)N/N=C\c1ccc(-c2ccccc2C(=O)O)o1)c1ccccc1. The van der Waals surface area contributed by atoms with Gasteiger partial charge in [0.05, 0.1) is 30.8 Å². The zero-order valence-electron chi connectivity index (χ0n) is 17.9. The van der Waals surface area contributed by atoms with Gasteiger partial charge in [-0.15, -0.1) is 0 Å². The second kappa shape index (κ2) is 11.3. The molecular weight excluding hydrogens is 426 g/mol. The number of hydrogen-bond acceptors (Lipinski definition) is 6. The molecule has 0 aliphatic rings. The van der Waals surface area contributed by atoms with Crippen molar-refractivity contribution in [2.45, 2.75) is 19.4 Å². The Balaban J connectivity index is 1.63. The Bertz CT molecular complexity index is 1140. The van der Waals surface area contributed by atoms with Crippen molar-refractivity contribution in [3.63, 3.8) is 0 Å². The van der Waals surface area contributed by atoms with Crippen LogP contribution in [-0.2, 0) is 9.53 Å². The Kier molecular flexibility index (Phi) is 7.96. The van der Waals surface area contributed by atoms with Crippen molar-refractivity contribution in [3.8, 4) is 11.3 Å². The molecule has 3 rings (SSSR count). The molecule has 3 aromatic rings. The summed E-state index contributed by atoms with van der Waals surface area (Å²) in [6, 6.07) is 18.2. The van der Waals surface area contributed by atoms with Crippen molar-refractivity contribution >= 4 is 24.2 Å². The smallest absolute Gasteiger partial charge is 0.407 e. The van der Waals surface area contributed by atoms with Crippen LogP contribution in [0.2, 0.25) is 0 Å². The molecule has 0 bridgehead atoms. The number of nitrogens with zero attached hydrogens (tertiary/aromatic N) is 1. The Morgan fingerprint density at radius 3 is 2.52 bits per heavy atom. The highest BCUT2D eigenvalue weighted by Gasteiger charge is 2.19. The van der Waals surface area contributed by atoms with Crippen LogP contribution in [0.1, 0.15) is 41.1 Å². The molecule has 0 aliphatic heterocycles. The van der Waals surface area contributed by atoms with E-state index in [1.165, 1.54) is 12.3 Å². The summed E-state index contributed by atoms with van der Waals surface area (Å²) in [7, 11) is 0. The summed E-state index contributed by atoms with van der Waals surface area (Å²) in [5.74, 6) is -0.799. The van der Waals surface area contributed by atoms with Crippen LogP contribution in [0.5, 0.6) is 0 Å². The summed E-state index contributed by atoms with van der Waals surface area (Å²) in [6.45, 7) is 1.91. The van der Waals surface area contributed by atoms with Crippen LogP contribution < -0.4 is 10.7 Å². The second-order valence-electron chi connectivity index (χ2n) is 6.88. The van der Waals surface area contributed by atoms with Gasteiger partial charge in [0.1, 0.15) is 11.5 Å². The molecule has 9 heteroatoms. The molecule has 1 aromatic heterocycles. The quantitative estimate of drug-likeness (QED) is 0.335. The van der Waals surface area contributed by atoms with Crippen LogP contribution in [-0.4, -0.2) is 35.9 Å². The molecule has 0 radical (unpaired) electrons. The van der Waals surface area contributed by atoms with Gasteiger partial charge in [-0.25, -0.2) is 15.0 Å². The molecule has 0 aliphatic carbocycles. The molecule has 9 nitrogen and oxygen atoms in total. The lowest BCUT2D eigenvalue weighted by molar-refractivity contribution is -0.121. The van der Waals surface area contributed by atoms with E-state index in [1.54, 1.807) is 49.4 Å². The number of carbonyl (C=O) groups excluding carboxylic acids is 2. The number of carboxylic acids is 1. The Morgan fingerprint density at radius 2 is 1.79 bits per heavy atom. The van der Waals surface area contributed by atoms with E-state index in [-0.39, 0.29) is 18.6 Å². The highest BCUT2D eigenvalue weighted by atomic mass is 16.5. The minimum atomic E-state index is -1.06. The fraction of sp³-hybridized carbons (Fsp3) is 0.167. The fourth-order valence-electron chi connectivity index (χ4n) is 3.10. The van der Waals surface area contributed by atoms with Gasteiger partial charge in [0, 0.05) is 5.56 Å². The molecule has 0 saturated heterocycles. The van der Waals surface area contributed by atoms with E-state index >= 15 is 0 Å². The zero-order valence-corrected chi connectivity index (χ0v) is 17.9. The van der Waals surface area contributed by atoms with E-state index in [2.05, 4.69) is 15.8 Å². The van der Waals surface area contributed by atoms with Crippen molar-refractivity contribution in [1.82, 2.24) is 10.7 Å². The number of ether oxygens (including phenoxy) is 1. The average Bonchev–Trinajstić information content (AvgIpc) is 3.28. The van der Waals surface area contributed by atoms with Gasteiger partial charge in [-0.2, -0.15) is 5.10 Å². The van der Waals surface area contributed by atoms with E-state index < -0.39 is 24.0 Å². The van der Waals surface area contributed by atoms with Crippen molar-refractivity contribution in [2.24, 2.45) is 5.10 Å². The van der Waals surface area contributed by atoms with E-state index in [0.717, 1.165) is 5.56 Å². The molecule has 33 heavy (non-hydrogen) atoms. The maximum absolute atomic E-state index is 12.4. The lowest BCUT2D eigenvalue weighted by atomic mass is 10.0.